The van der Waals surface area contributed by atoms with Gasteiger partial charge in [-0.3, -0.25) is 0 Å². The van der Waals surface area contributed by atoms with Crippen molar-refractivity contribution < 1.29 is 8.42 Å². The number of anilines is 1. The van der Waals surface area contributed by atoms with Gasteiger partial charge >= 0.3 is 0 Å². The molecular formula is C14H23N3O2S. The Kier molecular flexibility index (Phi) is 4.36. The van der Waals surface area contributed by atoms with Crippen LogP contribution < -0.4 is 14.8 Å². The third kappa shape index (κ3) is 4.19. The minimum Gasteiger partial charge on any atom is -0.384 e. The number of rotatable bonds is 5. The number of hydrogen-bond acceptors (Lipinski definition) is 3. The predicted octanol–water partition coefficient (Wildman–Crippen LogP) is 1.81. The van der Waals surface area contributed by atoms with E-state index in [1.807, 2.05) is 32.9 Å². The highest BCUT2D eigenvalue weighted by molar-refractivity contribution is 7.87. The molecule has 0 aromatic heterocycles. The Labute approximate surface area is 121 Å². The van der Waals surface area contributed by atoms with Crippen LogP contribution in [0.5, 0.6) is 0 Å². The number of para-hydroxylation sites is 1. The molecule has 1 unspecified atom stereocenters. The highest BCUT2D eigenvalue weighted by Crippen LogP contribution is 2.32. The minimum atomic E-state index is -3.43. The van der Waals surface area contributed by atoms with Crippen LogP contribution in [0, 0.1) is 0 Å². The fraction of sp³-hybridized carbons (Fsp3) is 0.571. The first-order valence-electron chi connectivity index (χ1n) is 6.88. The van der Waals surface area contributed by atoms with Crippen molar-refractivity contribution in [2.24, 2.45) is 0 Å². The summed E-state index contributed by atoms with van der Waals surface area (Å²) in [6, 6.07) is 8.18. The van der Waals surface area contributed by atoms with Crippen LogP contribution in [0.4, 0.5) is 5.69 Å². The predicted molar refractivity (Wildman–Crippen MR) is 82.1 cm³/mol. The lowest BCUT2D eigenvalue weighted by Crippen LogP contribution is -2.47. The van der Waals surface area contributed by atoms with Crippen LogP contribution in [0.25, 0.3) is 0 Å². The summed E-state index contributed by atoms with van der Waals surface area (Å²) in [5, 5.41) is 3.34. The van der Waals surface area contributed by atoms with Crippen molar-refractivity contribution >= 4 is 15.9 Å². The van der Waals surface area contributed by atoms with Crippen LogP contribution in [-0.4, -0.2) is 27.0 Å². The molecule has 0 saturated carbocycles. The van der Waals surface area contributed by atoms with E-state index in [0.717, 1.165) is 18.7 Å². The van der Waals surface area contributed by atoms with E-state index >= 15 is 0 Å². The van der Waals surface area contributed by atoms with Crippen molar-refractivity contribution in [2.45, 2.75) is 38.6 Å². The lowest BCUT2D eigenvalue weighted by molar-refractivity contribution is 0.482. The molecule has 0 bridgehead atoms. The molecule has 1 aromatic rings. The molecule has 0 radical (unpaired) electrons. The molecule has 112 valence electrons. The maximum absolute atomic E-state index is 11.8. The Bertz CT molecular complexity index is 564. The van der Waals surface area contributed by atoms with Gasteiger partial charge in [-0.05, 0) is 38.8 Å². The average molecular weight is 297 g/mol. The van der Waals surface area contributed by atoms with Gasteiger partial charge in [0, 0.05) is 30.2 Å². The van der Waals surface area contributed by atoms with Crippen LogP contribution in [0.1, 0.15) is 38.7 Å². The van der Waals surface area contributed by atoms with Crippen LogP contribution in [0.2, 0.25) is 0 Å². The van der Waals surface area contributed by atoms with Gasteiger partial charge in [0.1, 0.15) is 0 Å². The van der Waals surface area contributed by atoms with E-state index in [1.165, 1.54) is 5.56 Å². The molecule has 1 aliphatic heterocycles. The largest absolute Gasteiger partial charge is 0.384 e. The van der Waals surface area contributed by atoms with Crippen molar-refractivity contribution in [3.8, 4) is 0 Å². The van der Waals surface area contributed by atoms with E-state index in [1.54, 1.807) is 0 Å². The molecule has 0 saturated heterocycles. The smallest absolute Gasteiger partial charge is 0.277 e. The monoisotopic (exact) mass is 297 g/mol. The standard InChI is InChI=1S/C14H23N3O2S/c1-14(2,3)17-20(18,19)16-9-8-11-10-15-13-7-5-4-6-12(11)13/h4-7,11,15-17H,8-10H2,1-3H3. The molecule has 20 heavy (non-hydrogen) atoms. The molecule has 1 aromatic carbocycles. The second-order valence-corrected chi connectivity index (χ2v) is 7.70. The van der Waals surface area contributed by atoms with Gasteiger partial charge < -0.3 is 5.32 Å². The highest BCUT2D eigenvalue weighted by atomic mass is 32.2. The zero-order chi connectivity index (χ0) is 14.8. The Balaban J connectivity index is 1.86. The summed E-state index contributed by atoms with van der Waals surface area (Å²) in [7, 11) is -3.43. The first kappa shape index (κ1) is 15.3. The summed E-state index contributed by atoms with van der Waals surface area (Å²) in [5.41, 5.74) is 1.97. The van der Waals surface area contributed by atoms with Crippen LogP contribution in [0.3, 0.4) is 0 Å². The van der Waals surface area contributed by atoms with Crippen molar-refractivity contribution in [1.29, 1.82) is 0 Å². The van der Waals surface area contributed by atoms with Crippen molar-refractivity contribution in [3.05, 3.63) is 29.8 Å². The number of benzene rings is 1. The van der Waals surface area contributed by atoms with E-state index in [0.29, 0.717) is 12.5 Å². The summed E-state index contributed by atoms with van der Waals surface area (Å²) < 4.78 is 28.8. The summed E-state index contributed by atoms with van der Waals surface area (Å²) >= 11 is 0. The summed E-state index contributed by atoms with van der Waals surface area (Å²) in [4.78, 5) is 0. The minimum absolute atomic E-state index is 0.364. The average Bonchev–Trinajstić information content (AvgIpc) is 2.69. The zero-order valence-corrected chi connectivity index (χ0v) is 13.0. The third-order valence-corrected chi connectivity index (χ3v) is 4.63. The molecule has 2 rings (SSSR count). The lowest BCUT2D eigenvalue weighted by Gasteiger charge is -2.21. The van der Waals surface area contributed by atoms with E-state index in [9.17, 15) is 8.42 Å². The fourth-order valence-electron chi connectivity index (χ4n) is 2.42. The summed E-state index contributed by atoms with van der Waals surface area (Å²) in [5.74, 6) is 0.364. The van der Waals surface area contributed by atoms with Crippen molar-refractivity contribution in [1.82, 2.24) is 9.44 Å². The number of hydrogen-bond donors (Lipinski definition) is 3. The first-order chi connectivity index (χ1) is 9.27. The van der Waals surface area contributed by atoms with Gasteiger partial charge in [0.25, 0.3) is 10.2 Å². The maximum atomic E-state index is 11.8. The normalized spacial score (nSPS) is 18.6. The fourth-order valence-corrected chi connectivity index (χ4v) is 3.69. The van der Waals surface area contributed by atoms with Crippen LogP contribution in [-0.2, 0) is 10.2 Å². The SMILES string of the molecule is CC(C)(C)NS(=O)(=O)NCCC1CNc2ccccc21. The highest BCUT2D eigenvalue weighted by Gasteiger charge is 2.23. The van der Waals surface area contributed by atoms with Gasteiger partial charge in [0.2, 0.25) is 0 Å². The van der Waals surface area contributed by atoms with Gasteiger partial charge in [-0.1, -0.05) is 18.2 Å². The molecular weight excluding hydrogens is 274 g/mol. The van der Waals surface area contributed by atoms with E-state index < -0.39 is 15.7 Å². The molecule has 1 heterocycles. The van der Waals surface area contributed by atoms with Crippen LogP contribution >= 0.6 is 0 Å². The van der Waals surface area contributed by atoms with Gasteiger partial charge in [-0.25, -0.2) is 4.72 Å². The molecule has 3 N–H and O–H groups in total. The molecule has 5 nitrogen and oxygen atoms in total. The zero-order valence-electron chi connectivity index (χ0n) is 12.2. The molecule has 0 spiro atoms. The molecule has 0 amide bonds. The first-order valence-corrected chi connectivity index (χ1v) is 8.36. The van der Waals surface area contributed by atoms with Gasteiger partial charge in [0.15, 0.2) is 0 Å². The molecule has 6 heteroatoms. The number of nitrogens with one attached hydrogen (secondary N) is 3. The Morgan fingerprint density at radius 2 is 2.00 bits per heavy atom. The van der Waals surface area contributed by atoms with E-state index in [4.69, 9.17) is 0 Å². The summed E-state index contributed by atoms with van der Waals surface area (Å²) in [6.45, 7) is 6.77. The van der Waals surface area contributed by atoms with Crippen LogP contribution in [0.15, 0.2) is 24.3 Å². The second kappa shape index (κ2) is 5.71. The number of fused-ring (bicyclic) bond motifs is 1. The molecule has 1 atom stereocenters. The Morgan fingerprint density at radius 1 is 1.30 bits per heavy atom. The Hall–Kier alpha value is -1.11. The Morgan fingerprint density at radius 3 is 2.70 bits per heavy atom. The lowest BCUT2D eigenvalue weighted by atomic mass is 9.98. The quantitative estimate of drug-likeness (QED) is 0.776. The maximum Gasteiger partial charge on any atom is 0.277 e. The second-order valence-electron chi connectivity index (χ2n) is 6.20. The van der Waals surface area contributed by atoms with Gasteiger partial charge in [-0.15, -0.1) is 0 Å². The molecule has 1 aliphatic rings. The van der Waals surface area contributed by atoms with Crippen molar-refractivity contribution in [2.75, 3.05) is 18.4 Å². The van der Waals surface area contributed by atoms with Gasteiger partial charge in [0.05, 0.1) is 0 Å². The summed E-state index contributed by atoms with van der Waals surface area (Å²) in [6.07, 6.45) is 0.787. The topological polar surface area (TPSA) is 70.2 Å². The van der Waals surface area contributed by atoms with Gasteiger partial charge in [-0.2, -0.15) is 13.1 Å². The molecule has 0 fully saturated rings. The molecule has 0 aliphatic carbocycles. The van der Waals surface area contributed by atoms with E-state index in [-0.39, 0.29) is 0 Å². The van der Waals surface area contributed by atoms with E-state index in [2.05, 4.69) is 26.9 Å². The van der Waals surface area contributed by atoms with Crippen molar-refractivity contribution in [3.63, 3.8) is 0 Å². The third-order valence-electron chi connectivity index (χ3n) is 3.16.